The van der Waals surface area contributed by atoms with E-state index in [1.807, 2.05) is 31.2 Å². The number of nitrogens with zero attached hydrogens (tertiary/aromatic N) is 1. The van der Waals surface area contributed by atoms with Gasteiger partial charge < -0.3 is 4.98 Å². The molecule has 3 rings (SSSR count). The molecular formula is C17H14ClN3O. The van der Waals surface area contributed by atoms with Crippen LogP contribution >= 0.6 is 11.6 Å². The molecule has 0 radical (unpaired) electrons. The normalized spacial score (nSPS) is 11.2. The van der Waals surface area contributed by atoms with Crippen molar-refractivity contribution in [3.63, 3.8) is 0 Å². The third-order valence-electron chi connectivity index (χ3n) is 3.41. The van der Waals surface area contributed by atoms with Gasteiger partial charge >= 0.3 is 0 Å². The molecule has 0 unspecified atom stereocenters. The molecule has 0 saturated carbocycles. The van der Waals surface area contributed by atoms with Crippen molar-refractivity contribution in [2.75, 3.05) is 0 Å². The van der Waals surface area contributed by atoms with Crippen LogP contribution in [0.4, 0.5) is 0 Å². The zero-order valence-corrected chi connectivity index (χ0v) is 12.7. The molecule has 2 aromatic carbocycles. The maximum Gasteiger partial charge on any atom is 0.271 e. The highest BCUT2D eigenvalue weighted by molar-refractivity contribution is 6.30. The summed E-state index contributed by atoms with van der Waals surface area (Å²) in [6.45, 7) is 1.97. The Balaban J connectivity index is 1.77. The first kappa shape index (κ1) is 14.4. The Bertz CT molecular complexity index is 850. The van der Waals surface area contributed by atoms with E-state index in [2.05, 4.69) is 15.5 Å². The molecule has 0 spiro atoms. The lowest BCUT2D eigenvalue weighted by molar-refractivity contribution is 0.0955. The molecule has 5 heteroatoms. The molecule has 0 fully saturated rings. The van der Waals surface area contributed by atoms with Gasteiger partial charge in [-0.25, -0.2) is 5.43 Å². The van der Waals surface area contributed by atoms with E-state index in [1.165, 1.54) is 0 Å². The molecule has 2 N–H and O–H groups in total. The number of benzene rings is 2. The van der Waals surface area contributed by atoms with Gasteiger partial charge in [0.2, 0.25) is 0 Å². The lowest BCUT2D eigenvalue weighted by Gasteiger charge is -1.99. The third kappa shape index (κ3) is 2.87. The minimum atomic E-state index is -0.273. The maximum atomic E-state index is 12.0. The number of amides is 1. The van der Waals surface area contributed by atoms with Gasteiger partial charge in [0.15, 0.2) is 0 Å². The van der Waals surface area contributed by atoms with E-state index < -0.39 is 0 Å². The number of rotatable bonds is 3. The first-order valence-corrected chi connectivity index (χ1v) is 7.19. The molecule has 22 heavy (non-hydrogen) atoms. The molecule has 110 valence electrons. The molecule has 0 aliphatic carbocycles. The number of fused-ring (bicyclic) bond motifs is 1. The minimum Gasteiger partial charge on any atom is -0.358 e. The highest BCUT2D eigenvalue weighted by Gasteiger charge is 2.06. The predicted octanol–water partition coefficient (Wildman–Crippen LogP) is 3.89. The van der Waals surface area contributed by atoms with Crippen LogP contribution < -0.4 is 5.43 Å². The first-order valence-electron chi connectivity index (χ1n) is 6.81. The predicted molar refractivity (Wildman–Crippen MR) is 89.5 cm³/mol. The lowest BCUT2D eigenvalue weighted by atomic mass is 10.1. The number of hydrazone groups is 1. The Kier molecular flexibility index (Phi) is 3.94. The van der Waals surface area contributed by atoms with Crippen LogP contribution in [0.5, 0.6) is 0 Å². The fourth-order valence-electron chi connectivity index (χ4n) is 2.29. The first-order chi connectivity index (χ1) is 10.6. The van der Waals surface area contributed by atoms with Crippen LogP contribution in [-0.2, 0) is 0 Å². The molecule has 0 aliphatic heterocycles. The largest absolute Gasteiger partial charge is 0.358 e. The van der Waals surface area contributed by atoms with E-state index in [0.29, 0.717) is 10.6 Å². The lowest BCUT2D eigenvalue weighted by Crippen LogP contribution is -2.17. The molecule has 0 saturated heterocycles. The average Bonchev–Trinajstić information content (AvgIpc) is 2.84. The van der Waals surface area contributed by atoms with E-state index in [1.54, 1.807) is 30.5 Å². The molecular weight excluding hydrogens is 298 g/mol. The van der Waals surface area contributed by atoms with Crippen molar-refractivity contribution in [1.82, 2.24) is 10.4 Å². The van der Waals surface area contributed by atoms with E-state index in [9.17, 15) is 4.79 Å². The summed E-state index contributed by atoms with van der Waals surface area (Å²) >= 11 is 5.80. The second kappa shape index (κ2) is 6.03. The molecule has 1 heterocycles. The summed E-state index contributed by atoms with van der Waals surface area (Å²) in [7, 11) is 0. The number of carbonyl (C=O) groups excluding carboxylic acids is 1. The zero-order valence-electron chi connectivity index (χ0n) is 11.9. The number of hydrogen-bond donors (Lipinski definition) is 2. The van der Waals surface area contributed by atoms with Gasteiger partial charge in [0.05, 0.1) is 6.21 Å². The fourth-order valence-corrected chi connectivity index (χ4v) is 2.41. The summed E-state index contributed by atoms with van der Waals surface area (Å²) < 4.78 is 0. The molecule has 3 aromatic rings. The highest BCUT2D eigenvalue weighted by Crippen LogP contribution is 2.19. The summed E-state index contributed by atoms with van der Waals surface area (Å²) in [6.07, 6.45) is 1.65. The van der Waals surface area contributed by atoms with Gasteiger partial charge in [0, 0.05) is 32.7 Å². The topological polar surface area (TPSA) is 57.2 Å². The highest BCUT2D eigenvalue weighted by atomic mass is 35.5. The number of carbonyl (C=O) groups is 1. The molecule has 1 amide bonds. The van der Waals surface area contributed by atoms with Crippen molar-refractivity contribution < 1.29 is 4.79 Å². The van der Waals surface area contributed by atoms with Gasteiger partial charge in [-0.1, -0.05) is 29.8 Å². The third-order valence-corrected chi connectivity index (χ3v) is 3.66. The van der Waals surface area contributed by atoms with Crippen molar-refractivity contribution in [2.45, 2.75) is 6.92 Å². The molecule has 0 bridgehead atoms. The van der Waals surface area contributed by atoms with Crippen LogP contribution in [-0.4, -0.2) is 17.1 Å². The van der Waals surface area contributed by atoms with Crippen molar-refractivity contribution in [3.8, 4) is 0 Å². The van der Waals surface area contributed by atoms with Gasteiger partial charge in [-0.05, 0) is 37.3 Å². The average molecular weight is 312 g/mol. The second-order valence-electron chi connectivity index (χ2n) is 4.92. The number of hydrogen-bond acceptors (Lipinski definition) is 2. The summed E-state index contributed by atoms with van der Waals surface area (Å²) in [6, 6.07) is 14.6. The number of aromatic amines is 1. The van der Waals surface area contributed by atoms with Crippen molar-refractivity contribution >= 4 is 34.6 Å². The van der Waals surface area contributed by atoms with Crippen molar-refractivity contribution in [2.24, 2.45) is 5.10 Å². The van der Waals surface area contributed by atoms with Crippen LogP contribution in [0.3, 0.4) is 0 Å². The quantitative estimate of drug-likeness (QED) is 0.559. The Morgan fingerprint density at radius 3 is 2.68 bits per heavy atom. The van der Waals surface area contributed by atoms with Crippen LogP contribution in [0, 0.1) is 6.92 Å². The second-order valence-corrected chi connectivity index (χ2v) is 5.35. The van der Waals surface area contributed by atoms with Gasteiger partial charge in [-0.3, -0.25) is 4.79 Å². The van der Waals surface area contributed by atoms with Crippen molar-refractivity contribution in [3.05, 3.63) is 70.4 Å². The number of nitrogens with one attached hydrogen (secondary N) is 2. The Labute approximate surface area is 132 Å². The summed E-state index contributed by atoms with van der Waals surface area (Å²) in [5.41, 5.74) is 6.05. The number of H-pyrrole nitrogens is 1. The van der Waals surface area contributed by atoms with E-state index in [4.69, 9.17) is 11.6 Å². The van der Waals surface area contributed by atoms with Crippen LogP contribution in [0.1, 0.15) is 21.6 Å². The summed E-state index contributed by atoms with van der Waals surface area (Å²) in [5, 5.41) is 5.71. The van der Waals surface area contributed by atoms with E-state index in [-0.39, 0.29) is 5.91 Å². The SMILES string of the molecule is Cc1[nH]c2ccccc2c1C=NNC(=O)c1ccc(Cl)cc1. The van der Waals surface area contributed by atoms with Crippen molar-refractivity contribution in [1.29, 1.82) is 0 Å². The molecule has 0 aliphatic rings. The zero-order chi connectivity index (χ0) is 15.5. The van der Waals surface area contributed by atoms with Gasteiger partial charge in [0.1, 0.15) is 0 Å². The van der Waals surface area contributed by atoms with E-state index in [0.717, 1.165) is 22.2 Å². The Morgan fingerprint density at radius 1 is 1.18 bits per heavy atom. The van der Waals surface area contributed by atoms with Crippen LogP contribution in [0.25, 0.3) is 10.9 Å². The van der Waals surface area contributed by atoms with E-state index >= 15 is 0 Å². The fraction of sp³-hybridized carbons (Fsp3) is 0.0588. The van der Waals surface area contributed by atoms with Gasteiger partial charge in [-0.2, -0.15) is 5.10 Å². The van der Waals surface area contributed by atoms with Crippen LogP contribution in [0.2, 0.25) is 5.02 Å². The summed E-state index contributed by atoms with van der Waals surface area (Å²) in [5.74, 6) is -0.273. The minimum absolute atomic E-state index is 0.273. The molecule has 1 aromatic heterocycles. The number of aromatic nitrogens is 1. The number of halogens is 1. The van der Waals surface area contributed by atoms with Gasteiger partial charge in [0.25, 0.3) is 5.91 Å². The smallest absolute Gasteiger partial charge is 0.271 e. The Morgan fingerprint density at radius 2 is 1.91 bits per heavy atom. The van der Waals surface area contributed by atoms with Gasteiger partial charge in [-0.15, -0.1) is 0 Å². The monoisotopic (exact) mass is 311 g/mol. The maximum absolute atomic E-state index is 12.0. The number of aryl methyl sites for hydroxylation is 1. The summed E-state index contributed by atoms with van der Waals surface area (Å²) in [4.78, 5) is 15.2. The number of para-hydroxylation sites is 1. The standard InChI is InChI=1S/C17H14ClN3O/c1-11-15(14-4-2-3-5-16(14)20-11)10-19-21-17(22)12-6-8-13(18)9-7-12/h2-10,20H,1H3,(H,21,22). The van der Waals surface area contributed by atoms with Crippen LogP contribution in [0.15, 0.2) is 53.6 Å². The molecule has 0 atom stereocenters. The Hall–Kier alpha value is -2.59. The molecule has 4 nitrogen and oxygen atoms in total.